The van der Waals surface area contributed by atoms with Crippen LogP contribution in [0.4, 0.5) is 0 Å². The van der Waals surface area contributed by atoms with Crippen LogP contribution in [0.5, 0.6) is 0 Å². The zero-order valence-corrected chi connectivity index (χ0v) is 8.69. The van der Waals surface area contributed by atoms with Crippen LogP contribution in [-0.2, 0) is 4.74 Å². The number of rotatable bonds is 8. The molecule has 1 aliphatic rings. The number of aliphatic hydroxyl groups excluding tert-OH is 2. The average molecular weight is 203 g/mol. The molecule has 0 bridgehead atoms. The van der Waals surface area contributed by atoms with E-state index in [1.165, 1.54) is 19.3 Å². The number of aliphatic hydroxyl groups is 2. The Balaban J connectivity index is 2.08. The Morgan fingerprint density at radius 3 is 2.36 bits per heavy atom. The molecule has 84 valence electrons. The van der Waals surface area contributed by atoms with Crippen LogP contribution in [0.15, 0.2) is 0 Å². The van der Waals surface area contributed by atoms with E-state index in [1.54, 1.807) is 0 Å². The van der Waals surface area contributed by atoms with Crippen LogP contribution in [-0.4, -0.2) is 60.7 Å². The van der Waals surface area contributed by atoms with Gasteiger partial charge in [0.15, 0.2) is 0 Å². The van der Waals surface area contributed by atoms with Gasteiger partial charge in [-0.15, -0.1) is 0 Å². The first-order chi connectivity index (χ1) is 6.88. The highest BCUT2D eigenvalue weighted by molar-refractivity contribution is 4.79. The minimum atomic E-state index is 0.0867. The highest BCUT2D eigenvalue weighted by Crippen LogP contribution is 2.24. The van der Waals surface area contributed by atoms with E-state index in [1.807, 2.05) is 0 Å². The zero-order valence-electron chi connectivity index (χ0n) is 8.69. The Bertz CT molecular complexity index is 139. The molecule has 0 aliphatic heterocycles. The normalized spacial score (nSPS) is 17.4. The topological polar surface area (TPSA) is 52.9 Å². The van der Waals surface area contributed by atoms with E-state index in [0.29, 0.717) is 19.3 Å². The summed E-state index contributed by atoms with van der Waals surface area (Å²) in [7, 11) is 0. The molecule has 0 atom stereocenters. The Morgan fingerprint density at radius 2 is 1.86 bits per heavy atom. The van der Waals surface area contributed by atoms with Crippen molar-refractivity contribution in [2.75, 3.05) is 39.5 Å². The van der Waals surface area contributed by atoms with Crippen molar-refractivity contribution in [2.24, 2.45) is 0 Å². The fourth-order valence-electron chi connectivity index (χ4n) is 1.71. The summed E-state index contributed by atoms with van der Waals surface area (Å²) in [6.45, 7) is 2.98. The van der Waals surface area contributed by atoms with Gasteiger partial charge in [0.05, 0.1) is 26.4 Å². The molecule has 1 fully saturated rings. The summed E-state index contributed by atoms with van der Waals surface area (Å²) in [6.07, 6.45) is 3.81. The van der Waals surface area contributed by atoms with Crippen molar-refractivity contribution < 1.29 is 14.9 Å². The fourth-order valence-corrected chi connectivity index (χ4v) is 1.71. The van der Waals surface area contributed by atoms with E-state index in [4.69, 9.17) is 14.9 Å². The lowest BCUT2D eigenvalue weighted by Gasteiger charge is -2.37. The first-order valence-electron chi connectivity index (χ1n) is 5.42. The highest BCUT2D eigenvalue weighted by atomic mass is 16.5. The fraction of sp³-hybridized carbons (Fsp3) is 1.00. The maximum absolute atomic E-state index is 8.89. The third kappa shape index (κ3) is 3.92. The lowest BCUT2D eigenvalue weighted by Crippen LogP contribution is -2.43. The largest absolute Gasteiger partial charge is 0.395 e. The molecule has 0 aromatic rings. The van der Waals surface area contributed by atoms with Crippen molar-refractivity contribution in [1.29, 1.82) is 0 Å². The van der Waals surface area contributed by atoms with Crippen LogP contribution in [0, 0.1) is 0 Å². The quantitative estimate of drug-likeness (QED) is 0.538. The van der Waals surface area contributed by atoms with Crippen LogP contribution in [0.3, 0.4) is 0 Å². The molecular formula is C10H21NO3. The summed E-state index contributed by atoms with van der Waals surface area (Å²) in [5.74, 6) is 0. The lowest BCUT2D eigenvalue weighted by molar-refractivity contribution is 0.0408. The third-order valence-electron chi connectivity index (χ3n) is 2.74. The summed E-state index contributed by atoms with van der Waals surface area (Å²) in [5.41, 5.74) is 0. The van der Waals surface area contributed by atoms with Crippen LogP contribution in [0.1, 0.15) is 19.3 Å². The Hall–Kier alpha value is -0.160. The van der Waals surface area contributed by atoms with E-state index in [-0.39, 0.29) is 13.2 Å². The van der Waals surface area contributed by atoms with Crippen molar-refractivity contribution >= 4 is 0 Å². The molecule has 4 nitrogen and oxygen atoms in total. The standard InChI is InChI=1S/C10H21NO3/c12-6-4-11(10-2-1-3-10)5-8-14-9-7-13/h10,12-13H,1-9H2. The van der Waals surface area contributed by atoms with E-state index in [9.17, 15) is 0 Å². The molecule has 2 N–H and O–H groups in total. The minimum absolute atomic E-state index is 0.0867. The number of nitrogens with zero attached hydrogens (tertiary/aromatic N) is 1. The first-order valence-corrected chi connectivity index (χ1v) is 5.42. The molecule has 4 heteroatoms. The van der Waals surface area contributed by atoms with Crippen molar-refractivity contribution in [3.63, 3.8) is 0 Å². The monoisotopic (exact) mass is 203 g/mol. The molecule has 0 aromatic heterocycles. The molecule has 1 saturated carbocycles. The second-order valence-corrected chi connectivity index (χ2v) is 3.68. The van der Waals surface area contributed by atoms with Gasteiger partial charge in [-0.3, -0.25) is 4.90 Å². The van der Waals surface area contributed by atoms with E-state index in [0.717, 1.165) is 13.1 Å². The maximum atomic E-state index is 8.89. The van der Waals surface area contributed by atoms with Crippen LogP contribution in [0.25, 0.3) is 0 Å². The van der Waals surface area contributed by atoms with Crippen molar-refractivity contribution in [2.45, 2.75) is 25.3 Å². The molecule has 0 aromatic carbocycles. The van der Waals surface area contributed by atoms with Gasteiger partial charge in [-0.25, -0.2) is 0 Å². The summed E-state index contributed by atoms with van der Waals surface area (Å²) in [4.78, 5) is 2.28. The van der Waals surface area contributed by atoms with Gasteiger partial charge in [-0.2, -0.15) is 0 Å². The third-order valence-corrected chi connectivity index (χ3v) is 2.74. The smallest absolute Gasteiger partial charge is 0.0698 e. The molecule has 0 spiro atoms. The van der Waals surface area contributed by atoms with Gasteiger partial charge < -0.3 is 14.9 Å². The number of hydrogen-bond acceptors (Lipinski definition) is 4. The summed E-state index contributed by atoms with van der Waals surface area (Å²) in [5, 5.41) is 17.4. The van der Waals surface area contributed by atoms with Crippen molar-refractivity contribution in [3.8, 4) is 0 Å². The zero-order chi connectivity index (χ0) is 10.2. The molecule has 0 amide bonds. The Morgan fingerprint density at radius 1 is 1.07 bits per heavy atom. The van der Waals surface area contributed by atoms with Gasteiger partial charge in [0.1, 0.15) is 0 Å². The van der Waals surface area contributed by atoms with Gasteiger partial charge in [0.25, 0.3) is 0 Å². The second kappa shape index (κ2) is 7.17. The Labute approximate surface area is 85.5 Å². The molecule has 0 radical (unpaired) electrons. The summed E-state index contributed by atoms with van der Waals surface area (Å²) < 4.78 is 5.21. The van der Waals surface area contributed by atoms with Gasteiger partial charge in [-0.1, -0.05) is 6.42 Å². The lowest BCUT2D eigenvalue weighted by atomic mass is 9.91. The predicted molar refractivity (Wildman–Crippen MR) is 54.2 cm³/mol. The molecule has 0 saturated heterocycles. The SMILES string of the molecule is OCCOCCN(CCO)C1CCC1. The van der Waals surface area contributed by atoms with Gasteiger partial charge >= 0.3 is 0 Å². The van der Waals surface area contributed by atoms with Gasteiger partial charge in [-0.05, 0) is 12.8 Å². The Kier molecular flexibility index (Phi) is 6.10. The van der Waals surface area contributed by atoms with E-state index < -0.39 is 0 Å². The van der Waals surface area contributed by atoms with Gasteiger partial charge in [0, 0.05) is 19.1 Å². The minimum Gasteiger partial charge on any atom is -0.395 e. The number of hydrogen-bond donors (Lipinski definition) is 2. The molecule has 0 heterocycles. The van der Waals surface area contributed by atoms with Crippen molar-refractivity contribution in [3.05, 3.63) is 0 Å². The van der Waals surface area contributed by atoms with Crippen LogP contribution >= 0.6 is 0 Å². The van der Waals surface area contributed by atoms with Crippen molar-refractivity contribution in [1.82, 2.24) is 4.90 Å². The van der Waals surface area contributed by atoms with E-state index >= 15 is 0 Å². The summed E-state index contributed by atoms with van der Waals surface area (Å²) in [6, 6.07) is 0.653. The highest BCUT2D eigenvalue weighted by Gasteiger charge is 2.23. The van der Waals surface area contributed by atoms with E-state index in [2.05, 4.69) is 4.90 Å². The molecule has 1 aliphatic carbocycles. The van der Waals surface area contributed by atoms with Crippen LogP contribution in [0.2, 0.25) is 0 Å². The van der Waals surface area contributed by atoms with Crippen LogP contribution < -0.4 is 0 Å². The molecule has 0 unspecified atom stereocenters. The van der Waals surface area contributed by atoms with Gasteiger partial charge in [0.2, 0.25) is 0 Å². The molecule has 14 heavy (non-hydrogen) atoms. The first kappa shape index (κ1) is 11.9. The number of ether oxygens (including phenoxy) is 1. The predicted octanol–water partition coefficient (Wildman–Crippen LogP) is -0.158. The second-order valence-electron chi connectivity index (χ2n) is 3.68. The maximum Gasteiger partial charge on any atom is 0.0698 e. The molecule has 1 rings (SSSR count). The summed E-state index contributed by atoms with van der Waals surface area (Å²) >= 11 is 0. The molecular weight excluding hydrogens is 182 g/mol. The average Bonchev–Trinajstić information content (AvgIpc) is 2.10.